The summed E-state index contributed by atoms with van der Waals surface area (Å²) in [5, 5.41) is 5.05. The van der Waals surface area contributed by atoms with E-state index in [1.54, 1.807) is 17.9 Å². The molecule has 0 bridgehead atoms. The van der Waals surface area contributed by atoms with E-state index in [-0.39, 0.29) is 23.8 Å². The molecule has 0 unspecified atom stereocenters. The molecule has 1 aliphatic rings. The number of halogens is 6. The Kier molecular flexibility index (Phi) is 10.0. The van der Waals surface area contributed by atoms with Gasteiger partial charge in [0, 0.05) is 55.6 Å². The van der Waals surface area contributed by atoms with E-state index in [0.717, 1.165) is 18.4 Å². The lowest BCUT2D eigenvalue weighted by Crippen LogP contribution is -2.52. The van der Waals surface area contributed by atoms with Gasteiger partial charge in [-0.25, -0.2) is 17.2 Å². The Balaban J connectivity index is 1.73. The lowest BCUT2D eigenvalue weighted by atomic mass is 10.1. The molecule has 2 aromatic rings. The minimum absolute atomic E-state index is 0.139. The number of rotatable bonds is 9. The van der Waals surface area contributed by atoms with Crippen LogP contribution in [0.5, 0.6) is 0 Å². The predicted molar refractivity (Wildman–Crippen MR) is 141 cm³/mol. The zero-order chi connectivity index (χ0) is 29.8. The topological polar surface area (TPSA) is 98.8 Å². The van der Waals surface area contributed by atoms with Gasteiger partial charge in [-0.3, -0.25) is 14.5 Å². The highest BCUT2D eigenvalue weighted by Gasteiger charge is 2.31. The highest BCUT2D eigenvalue weighted by atomic mass is 35.5. The number of nitrogens with one attached hydrogen (secondary N) is 2. The van der Waals surface area contributed by atoms with E-state index in [1.807, 2.05) is 4.90 Å². The van der Waals surface area contributed by atoms with Crippen molar-refractivity contribution in [3.8, 4) is 0 Å². The summed E-state index contributed by atoms with van der Waals surface area (Å²) in [5.41, 5.74) is -0.202. The third kappa shape index (κ3) is 8.77. The van der Waals surface area contributed by atoms with Gasteiger partial charge in [0.2, 0.25) is 5.91 Å². The lowest BCUT2D eigenvalue weighted by molar-refractivity contribution is -0.139. The molecule has 2 N–H and O–H groups in total. The zero-order valence-electron chi connectivity index (χ0n) is 21.6. The fraction of sp³-hybridized carbons (Fsp3) is 0.440. The van der Waals surface area contributed by atoms with E-state index in [1.165, 1.54) is 12.1 Å². The molecule has 1 atom stereocenters. The smallest absolute Gasteiger partial charge is 0.367 e. The molecule has 1 fully saturated rings. The maximum absolute atomic E-state index is 14.8. The van der Waals surface area contributed by atoms with Gasteiger partial charge >= 0.3 is 6.18 Å². The molecule has 40 heavy (non-hydrogen) atoms. The molecule has 1 saturated heterocycles. The van der Waals surface area contributed by atoms with Crippen LogP contribution in [0.3, 0.4) is 0 Å². The minimum atomic E-state index is -4.26. The molecule has 8 nitrogen and oxygen atoms in total. The van der Waals surface area contributed by atoms with E-state index in [9.17, 15) is 40.0 Å². The molecule has 220 valence electrons. The van der Waals surface area contributed by atoms with Crippen LogP contribution in [0.2, 0.25) is 5.02 Å². The Labute approximate surface area is 233 Å². The van der Waals surface area contributed by atoms with Gasteiger partial charge in [0.05, 0.1) is 23.4 Å². The summed E-state index contributed by atoms with van der Waals surface area (Å²) in [5.74, 6) is -5.52. The number of carbonyl (C=O) groups is 2. The second kappa shape index (κ2) is 12.7. The molecule has 0 spiro atoms. The van der Waals surface area contributed by atoms with Crippen molar-refractivity contribution in [2.45, 2.75) is 32.1 Å². The lowest BCUT2D eigenvalue weighted by Gasteiger charge is -2.41. The van der Waals surface area contributed by atoms with E-state index in [2.05, 4.69) is 10.6 Å². The van der Waals surface area contributed by atoms with Crippen LogP contribution in [0.4, 0.5) is 33.3 Å². The zero-order valence-corrected chi connectivity index (χ0v) is 23.2. The molecule has 3 rings (SSSR count). The molecular weight excluding hydrogens is 583 g/mol. The van der Waals surface area contributed by atoms with Crippen LogP contribution in [0, 0.1) is 11.6 Å². The first kappa shape index (κ1) is 31.6. The van der Waals surface area contributed by atoms with Gasteiger partial charge in [0.1, 0.15) is 5.75 Å². The van der Waals surface area contributed by atoms with Crippen LogP contribution in [0.25, 0.3) is 0 Å². The van der Waals surface area contributed by atoms with E-state index < -0.39 is 63.7 Å². The van der Waals surface area contributed by atoms with Crippen molar-refractivity contribution in [2.24, 2.45) is 0 Å². The third-order valence-corrected chi connectivity index (χ3v) is 7.29. The summed E-state index contributed by atoms with van der Waals surface area (Å²) in [4.78, 5) is 28.1. The average molecular weight is 611 g/mol. The predicted octanol–water partition coefficient (Wildman–Crippen LogP) is 3.99. The number of sulfone groups is 1. The first-order valence-electron chi connectivity index (χ1n) is 12.1. The summed E-state index contributed by atoms with van der Waals surface area (Å²) >= 11 is 6.16. The van der Waals surface area contributed by atoms with Crippen molar-refractivity contribution < 1.29 is 40.0 Å². The minimum Gasteiger partial charge on any atom is -0.367 e. The SMILES string of the molecule is C[C@@H]1CN(c2cc(Cl)ccc2NC(=O)c2ccc(CNC(=O)CS(C)(=O)=O)c(F)c2F)CCN1CCC(F)(F)F. The Morgan fingerprint density at radius 2 is 1.80 bits per heavy atom. The maximum atomic E-state index is 14.8. The number of hydrogen-bond donors (Lipinski definition) is 2. The Bertz CT molecular complexity index is 1370. The van der Waals surface area contributed by atoms with E-state index in [0.29, 0.717) is 30.3 Å². The Hall–Kier alpha value is -2.97. The normalized spacial score (nSPS) is 16.6. The van der Waals surface area contributed by atoms with Gasteiger partial charge in [-0.1, -0.05) is 17.7 Å². The largest absolute Gasteiger partial charge is 0.390 e. The number of carbonyl (C=O) groups excluding carboxylic acids is 2. The molecule has 15 heteroatoms. The first-order valence-corrected chi connectivity index (χ1v) is 14.6. The standard InChI is InChI=1S/C25H28ClF5N4O4S/c1-15-13-35(10-9-34(15)8-7-25(29,30)31)20-11-17(26)4-6-19(20)33-24(37)18-5-3-16(22(27)23(18)28)12-32-21(36)14-40(2,38)39/h3-6,11,15H,7-10,12-14H2,1-2H3,(H,32,36)(H,33,37)/t15-/m1/s1. The van der Waals surface area contributed by atoms with E-state index in [4.69, 9.17) is 11.6 Å². The number of nitrogens with zero attached hydrogens (tertiary/aromatic N) is 2. The van der Waals surface area contributed by atoms with E-state index >= 15 is 0 Å². The number of alkyl halides is 3. The maximum Gasteiger partial charge on any atom is 0.390 e. The second-order valence-corrected chi connectivity index (χ2v) is 12.1. The molecule has 1 heterocycles. The highest BCUT2D eigenvalue weighted by molar-refractivity contribution is 7.91. The van der Waals surface area contributed by atoms with Crippen molar-refractivity contribution in [3.05, 3.63) is 58.1 Å². The summed E-state index contributed by atoms with van der Waals surface area (Å²) < 4.78 is 89.8. The van der Waals surface area contributed by atoms with Crippen molar-refractivity contribution >= 4 is 44.6 Å². The summed E-state index contributed by atoms with van der Waals surface area (Å²) in [7, 11) is -3.61. The molecule has 2 amide bonds. The molecule has 2 aromatic carbocycles. The van der Waals surface area contributed by atoms with Gasteiger partial charge in [0.15, 0.2) is 21.5 Å². The second-order valence-electron chi connectivity index (χ2n) is 9.56. The van der Waals surface area contributed by atoms with Crippen LogP contribution in [0.1, 0.15) is 29.3 Å². The number of benzene rings is 2. The molecule has 0 radical (unpaired) electrons. The number of amides is 2. The van der Waals surface area contributed by atoms with Gasteiger partial charge in [-0.05, 0) is 31.2 Å². The monoisotopic (exact) mass is 610 g/mol. The number of hydrogen-bond acceptors (Lipinski definition) is 6. The van der Waals surface area contributed by atoms with Crippen molar-refractivity contribution in [2.75, 3.05) is 48.4 Å². The van der Waals surface area contributed by atoms with Gasteiger partial charge in [-0.15, -0.1) is 0 Å². The Morgan fingerprint density at radius 1 is 1.10 bits per heavy atom. The molecule has 0 saturated carbocycles. The average Bonchev–Trinajstić information content (AvgIpc) is 2.83. The van der Waals surface area contributed by atoms with Crippen molar-refractivity contribution in [1.29, 1.82) is 0 Å². The van der Waals surface area contributed by atoms with Gasteiger partial charge in [0.25, 0.3) is 5.91 Å². The summed E-state index contributed by atoms with van der Waals surface area (Å²) in [6, 6.07) is 6.42. The number of anilines is 2. The van der Waals surface area contributed by atoms with Crippen LogP contribution >= 0.6 is 11.6 Å². The fourth-order valence-electron chi connectivity index (χ4n) is 4.26. The van der Waals surface area contributed by atoms with Crippen molar-refractivity contribution in [3.63, 3.8) is 0 Å². The highest BCUT2D eigenvalue weighted by Crippen LogP contribution is 2.32. The van der Waals surface area contributed by atoms with Crippen LogP contribution in [-0.4, -0.2) is 75.5 Å². The Morgan fingerprint density at radius 3 is 2.42 bits per heavy atom. The summed E-state index contributed by atoms with van der Waals surface area (Å²) in [6.45, 7) is 2.17. The number of piperazine rings is 1. The van der Waals surface area contributed by atoms with Gasteiger partial charge < -0.3 is 15.5 Å². The molecule has 0 aromatic heterocycles. The quantitative estimate of drug-likeness (QED) is 0.417. The first-order chi connectivity index (χ1) is 18.5. The third-order valence-electron chi connectivity index (χ3n) is 6.27. The van der Waals surface area contributed by atoms with Crippen LogP contribution in [0.15, 0.2) is 30.3 Å². The van der Waals surface area contributed by atoms with Crippen LogP contribution < -0.4 is 15.5 Å². The molecule has 0 aliphatic carbocycles. The molecular formula is C25H28ClF5N4O4S. The summed E-state index contributed by atoms with van der Waals surface area (Å²) in [6.07, 6.45) is -4.34. The van der Waals surface area contributed by atoms with Crippen molar-refractivity contribution in [1.82, 2.24) is 10.2 Å². The molecule has 1 aliphatic heterocycles. The van der Waals surface area contributed by atoms with Crippen LogP contribution in [-0.2, 0) is 21.2 Å². The van der Waals surface area contributed by atoms with Gasteiger partial charge in [-0.2, -0.15) is 13.2 Å². The fourth-order valence-corrected chi connectivity index (χ4v) is 5.01.